The lowest BCUT2D eigenvalue weighted by Crippen LogP contribution is -2.37. The number of sulfone groups is 1. The Morgan fingerprint density at radius 1 is 0.909 bits per heavy atom. The fourth-order valence-corrected chi connectivity index (χ4v) is 7.51. The summed E-state index contributed by atoms with van der Waals surface area (Å²) in [7, 11) is -3.23. The third-order valence-electron chi connectivity index (χ3n) is 6.28. The molecule has 2 bridgehead atoms. The predicted molar refractivity (Wildman–Crippen MR) is 88.2 cm³/mol. The molecule has 0 saturated heterocycles. The Morgan fingerprint density at radius 3 is 2.23 bits per heavy atom. The smallest absolute Gasteiger partial charge is 0.181 e. The molecule has 5 atom stereocenters. The number of hydrogen-bond donors (Lipinski definition) is 0. The highest BCUT2D eigenvalue weighted by molar-refractivity contribution is 7.92. The van der Waals surface area contributed by atoms with E-state index in [0.717, 1.165) is 12.3 Å². The van der Waals surface area contributed by atoms with Crippen LogP contribution in [0.2, 0.25) is 0 Å². The molecule has 0 unspecified atom stereocenters. The van der Waals surface area contributed by atoms with Gasteiger partial charge in [-0.15, -0.1) is 0 Å². The van der Waals surface area contributed by atoms with Crippen molar-refractivity contribution in [3.05, 3.63) is 41.5 Å². The third-order valence-corrected chi connectivity index (χ3v) is 8.61. The van der Waals surface area contributed by atoms with Gasteiger partial charge in [0.25, 0.3) is 0 Å². The first-order valence-corrected chi connectivity index (χ1v) is 10.1. The van der Waals surface area contributed by atoms with Crippen molar-refractivity contribution in [2.45, 2.75) is 49.7 Å². The number of rotatable bonds is 2. The monoisotopic (exact) mass is 316 g/mol. The van der Waals surface area contributed by atoms with Gasteiger partial charge in [-0.05, 0) is 61.5 Å². The maximum absolute atomic E-state index is 13.1. The minimum Gasteiger partial charge on any atom is -0.223 e. The molecule has 3 aliphatic rings. The van der Waals surface area contributed by atoms with Crippen LogP contribution in [-0.2, 0) is 9.84 Å². The second kappa shape index (κ2) is 4.95. The number of fused-ring (bicyclic) bond motifs is 4. The molecule has 1 aromatic rings. The summed E-state index contributed by atoms with van der Waals surface area (Å²) < 4.78 is 26.2. The summed E-state index contributed by atoms with van der Waals surface area (Å²) in [5, 5.41) is -0.247. The van der Waals surface area contributed by atoms with Crippen LogP contribution >= 0.6 is 0 Å². The van der Waals surface area contributed by atoms with Crippen LogP contribution in [0.1, 0.15) is 39.5 Å². The Hall–Kier alpha value is -1.09. The van der Waals surface area contributed by atoms with Crippen LogP contribution in [-0.4, -0.2) is 13.7 Å². The summed E-state index contributed by atoms with van der Waals surface area (Å²) in [6.45, 7) is 4.41. The van der Waals surface area contributed by atoms with Crippen LogP contribution in [0.15, 0.2) is 46.4 Å². The topological polar surface area (TPSA) is 34.1 Å². The van der Waals surface area contributed by atoms with Gasteiger partial charge >= 0.3 is 0 Å². The van der Waals surface area contributed by atoms with E-state index in [9.17, 15) is 8.42 Å². The van der Waals surface area contributed by atoms with E-state index >= 15 is 0 Å². The summed E-state index contributed by atoms with van der Waals surface area (Å²) in [5.41, 5.74) is 3.17. The molecule has 0 amide bonds. The van der Waals surface area contributed by atoms with Crippen molar-refractivity contribution >= 4 is 9.84 Å². The highest BCUT2D eigenvalue weighted by Crippen LogP contribution is 2.57. The lowest BCUT2D eigenvalue weighted by molar-refractivity contribution is 0.394. The van der Waals surface area contributed by atoms with Crippen LogP contribution in [0.4, 0.5) is 0 Å². The molecular formula is C19H24O2S. The van der Waals surface area contributed by atoms with Gasteiger partial charge in [-0.25, -0.2) is 8.42 Å². The molecule has 3 heteroatoms. The maximum Gasteiger partial charge on any atom is 0.181 e. The molecule has 0 aromatic heterocycles. The zero-order chi connectivity index (χ0) is 15.5. The second-order valence-corrected chi connectivity index (χ2v) is 9.61. The van der Waals surface area contributed by atoms with Gasteiger partial charge in [-0.1, -0.05) is 43.2 Å². The molecule has 3 aliphatic carbocycles. The van der Waals surface area contributed by atoms with Gasteiger partial charge in [0.1, 0.15) is 0 Å². The molecule has 0 N–H and O–H groups in total. The molecular weight excluding hydrogens is 292 g/mol. The first-order valence-electron chi connectivity index (χ1n) is 8.53. The SMILES string of the molecule is C[C@@H]1C[C@@H](S(=O)(=O)c2ccccc2)[C@H](C)C2=C1[C@H]1CC[C@H]2C1. The summed E-state index contributed by atoms with van der Waals surface area (Å²) >= 11 is 0. The third kappa shape index (κ3) is 1.94. The Balaban J connectivity index is 1.75. The normalized spacial score (nSPS) is 37.5. The summed E-state index contributed by atoms with van der Waals surface area (Å²) in [5.74, 6) is 2.06. The number of hydrogen-bond acceptors (Lipinski definition) is 2. The van der Waals surface area contributed by atoms with Crippen molar-refractivity contribution in [3.8, 4) is 0 Å². The lowest BCUT2D eigenvalue weighted by atomic mass is 9.72. The second-order valence-electron chi connectivity index (χ2n) is 7.44. The fraction of sp³-hybridized carbons (Fsp3) is 0.579. The molecule has 22 heavy (non-hydrogen) atoms. The van der Waals surface area contributed by atoms with Gasteiger partial charge in [0.15, 0.2) is 9.84 Å². The van der Waals surface area contributed by atoms with Crippen molar-refractivity contribution in [2.75, 3.05) is 0 Å². The quantitative estimate of drug-likeness (QED) is 0.765. The fourth-order valence-electron chi connectivity index (χ4n) is 5.40. The minimum atomic E-state index is -3.23. The van der Waals surface area contributed by atoms with E-state index in [0.29, 0.717) is 16.7 Å². The number of benzene rings is 1. The molecule has 1 fully saturated rings. The van der Waals surface area contributed by atoms with Crippen molar-refractivity contribution in [3.63, 3.8) is 0 Å². The van der Waals surface area contributed by atoms with Gasteiger partial charge in [0.2, 0.25) is 0 Å². The molecule has 0 spiro atoms. The van der Waals surface area contributed by atoms with E-state index in [4.69, 9.17) is 0 Å². The van der Waals surface area contributed by atoms with E-state index in [1.807, 2.05) is 18.2 Å². The van der Waals surface area contributed by atoms with Crippen molar-refractivity contribution < 1.29 is 8.42 Å². The largest absolute Gasteiger partial charge is 0.223 e. The number of allylic oxidation sites excluding steroid dienone is 2. The molecule has 1 saturated carbocycles. The molecule has 4 rings (SSSR count). The molecule has 118 valence electrons. The first-order chi connectivity index (χ1) is 10.5. The maximum atomic E-state index is 13.1. The summed E-state index contributed by atoms with van der Waals surface area (Å²) in [6.07, 6.45) is 4.69. The molecule has 0 radical (unpaired) electrons. The molecule has 0 heterocycles. The van der Waals surface area contributed by atoms with Crippen molar-refractivity contribution in [2.24, 2.45) is 23.7 Å². The highest BCUT2D eigenvalue weighted by Gasteiger charge is 2.49. The van der Waals surface area contributed by atoms with Crippen LogP contribution in [0.3, 0.4) is 0 Å². The summed E-state index contributed by atoms with van der Waals surface area (Å²) in [4.78, 5) is 0.492. The molecule has 2 nitrogen and oxygen atoms in total. The Labute approximate surface area is 133 Å². The van der Waals surface area contributed by atoms with E-state index in [1.165, 1.54) is 24.8 Å². The standard InChI is InChI=1S/C19H24O2S/c1-12-10-17(22(20,21)16-6-4-3-5-7-16)13(2)19-15-9-8-14(11-15)18(12)19/h3-7,12-15,17H,8-11H2,1-2H3/t12-,13+,14+,15+,17-/m1/s1. The average Bonchev–Trinajstić information content (AvgIpc) is 3.13. The van der Waals surface area contributed by atoms with Crippen molar-refractivity contribution in [1.82, 2.24) is 0 Å². The van der Waals surface area contributed by atoms with Crippen LogP contribution in [0, 0.1) is 23.7 Å². The van der Waals surface area contributed by atoms with E-state index in [-0.39, 0.29) is 11.2 Å². The lowest BCUT2D eigenvalue weighted by Gasteiger charge is -2.39. The van der Waals surface area contributed by atoms with E-state index in [2.05, 4.69) is 13.8 Å². The minimum absolute atomic E-state index is 0.187. The van der Waals surface area contributed by atoms with Gasteiger partial charge in [0.05, 0.1) is 10.1 Å². The van der Waals surface area contributed by atoms with E-state index < -0.39 is 9.84 Å². The Bertz CT molecular complexity index is 717. The highest BCUT2D eigenvalue weighted by atomic mass is 32.2. The van der Waals surface area contributed by atoms with Crippen LogP contribution in [0.25, 0.3) is 0 Å². The van der Waals surface area contributed by atoms with Crippen LogP contribution in [0.5, 0.6) is 0 Å². The van der Waals surface area contributed by atoms with Gasteiger partial charge < -0.3 is 0 Å². The predicted octanol–water partition coefficient (Wildman–Crippen LogP) is 4.23. The van der Waals surface area contributed by atoms with E-state index in [1.54, 1.807) is 17.7 Å². The average molecular weight is 316 g/mol. The van der Waals surface area contributed by atoms with Gasteiger partial charge in [-0.2, -0.15) is 0 Å². The van der Waals surface area contributed by atoms with Crippen LogP contribution < -0.4 is 0 Å². The zero-order valence-electron chi connectivity index (χ0n) is 13.3. The zero-order valence-corrected chi connectivity index (χ0v) is 14.1. The first kappa shape index (κ1) is 14.5. The molecule has 1 aromatic carbocycles. The van der Waals surface area contributed by atoms with Gasteiger partial charge in [-0.3, -0.25) is 0 Å². The summed E-state index contributed by atoms with van der Waals surface area (Å²) in [6, 6.07) is 9.02. The van der Waals surface area contributed by atoms with Crippen molar-refractivity contribution in [1.29, 1.82) is 0 Å². The Kier molecular flexibility index (Phi) is 3.26. The molecule has 0 aliphatic heterocycles. The van der Waals surface area contributed by atoms with Gasteiger partial charge in [0, 0.05) is 0 Å². The Morgan fingerprint density at radius 2 is 1.55 bits per heavy atom.